The summed E-state index contributed by atoms with van der Waals surface area (Å²) in [5.74, 6) is -1.48. The molecule has 0 saturated carbocycles. The molecule has 1 amide bonds. The van der Waals surface area contributed by atoms with Crippen LogP contribution in [0.1, 0.15) is 16.2 Å². The van der Waals surface area contributed by atoms with Gasteiger partial charge >= 0.3 is 5.97 Å². The van der Waals surface area contributed by atoms with E-state index in [0.717, 1.165) is 10.4 Å². The first-order valence-corrected chi connectivity index (χ1v) is 5.02. The van der Waals surface area contributed by atoms with Gasteiger partial charge in [0.25, 0.3) is 0 Å². The van der Waals surface area contributed by atoms with E-state index in [9.17, 15) is 9.59 Å². The minimum Gasteiger partial charge on any atom is -0.476 e. The first-order valence-electron chi connectivity index (χ1n) is 5.02. The van der Waals surface area contributed by atoms with Crippen molar-refractivity contribution < 1.29 is 14.7 Å². The number of aromatic amines is 1. The Morgan fingerprint density at radius 3 is 2.94 bits per heavy atom. The molecule has 0 spiro atoms. The summed E-state index contributed by atoms with van der Waals surface area (Å²) in [7, 11) is 0. The van der Waals surface area contributed by atoms with Gasteiger partial charge in [0.05, 0.1) is 24.8 Å². The fourth-order valence-corrected chi connectivity index (χ4v) is 1.25. The molecule has 94 valence electrons. The molecule has 2 aromatic heterocycles. The molecule has 0 radical (unpaired) electrons. The van der Waals surface area contributed by atoms with Crippen molar-refractivity contribution in [3.63, 3.8) is 0 Å². The van der Waals surface area contributed by atoms with Crippen LogP contribution in [0.15, 0.2) is 18.7 Å². The van der Waals surface area contributed by atoms with Crippen LogP contribution in [0.5, 0.6) is 0 Å². The van der Waals surface area contributed by atoms with Crippen molar-refractivity contribution in [1.82, 2.24) is 30.3 Å². The van der Waals surface area contributed by atoms with Gasteiger partial charge in [0.1, 0.15) is 6.54 Å². The quantitative estimate of drug-likeness (QED) is 0.625. The Balaban J connectivity index is 1.85. The van der Waals surface area contributed by atoms with E-state index in [1.807, 2.05) is 0 Å². The van der Waals surface area contributed by atoms with E-state index in [-0.39, 0.29) is 18.1 Å². The lowest BCUT2D eigenvalue weighted by Gasteiger charge is -2.02. The van der Waals surface area contributed by atoms with Gasteiger partial charge < -0.3 is 15.4 Å². The number of aromatic carboxylic acids is 1. The van der Waals surface area contributed by atoms with Gasteiger partial charge in [0, 0.05) is 6.20 Å². The molecule has 9 nitrogen and oxygen atoms in total. The summed E-state index contributed by atoms with van der Waals surface area (Å²) in [4.78, 5) is 28.7. The summed E-state index contributed by atoms with van der Waals surface area (Å²) >= 11 is 0. The van der Waals surface area contributed by atoms with Gasteiger partial charge in [-0.25, -0.2) is 14.5 Å². The lowest BCUT2D eigenvalue weighted by atomic mass is 10.4. The SMILES string of the molecule is O=C(Cn1cc(C(=O)O)nn1)NCc1cnc[nH]1. The fraction of sp³-hybridized carbons (Fsp3) is 0.222. The molecule has 2 aromatic rings. The van der Waals surface area contributed by atoms with Crippen LogP contribution in [0.2, 0.25) is 0 Å². The number of H-pyrrole nitrogens is 1. The van der Waals surface area contributed by atoms with Gasteiger partial charge in [-0.1, -0.05) is 5.21 Å². The van der Waals surface area contributed by atoms with Crippen LogP contribution in [-0.4, -0.2) is 41.9 Å². The standard InChI is InChI=1S/C9H10N6O3/c16-8(11-2-6-1-10-5-12-6)4-15-3-7(9(17)18)13-14-15/h1,3,5H,2,4H2,(H,10,12)(H,11,16)(H,17,18). The highest BCUT2D eigenvalue weighted by Gasteiger charge is 2.10. The molecular weight excluding hydrogens is 240 g/mol. The topological polar surface area (TPSA) is 126 Å². The van der Waals surface area contributed by atoms with Crippen molar-refractivity contribution in [2.24, 2.45) is 0 Å². The van der Waals surface area contributed by atoms with E-state index in [4.69, 9.17) is 5.11 Å². The van der Waals surface area contributed by atoms with E-state index in [1.54, 1.807) is 6.20 Å². The van der Waals surface area contributed by atoms with Crippen molar-refractivity contribution >= 4 is 11.9 Å². The number of carboxylic acid groups (broad SMARTS) is 1. The van der Waals surface area contributed by atoms with Gasteiger partial charge in [-0.05, 0) is 0 Å². The van der Waals surface area contributed by atoms with Crippen LogP contribution in [0.4, 0.5) is 0 Å². The smallest absolute Gasteiger partial charge is 0.358 e. The zero-order chi connectivity index (χ0) is 13.0. The predicted octanol–water partition coefficient (Wildman–Crippen LogP) is -0.984. The lowest BCUT2D eigenvalue weighted by Crippen LogP contribution is -2.27. The first kappa shape index (κ1) is 11.8. The number of imidazole rings is 1. The van der Waals surface area contributed by atoms with Gasteiger partial charge in [-0.3, -0.25) is 4.79 Å². The van der Waals surface area contributed by atoms with Crippen LogP contribution < -0.4 is 5.32 Å². The zero-order valence-corrected chi connectivity index (χ0v) is 9.20. The second kappa shape index (κ2) is 5.08. The summed E-state index contributed by atoms with van der Waals surface area (Å²) in [6.45, 7) is 0.230. The number of hydrogen-bond donors (Lipinski definition) is 3. The van der Waals surface area contributed by atoms with Crippen LogP contribution in [0, 0.1) is 0 Å². The van der Waals surface area contributed by atoms with Crippen molar-refractivity contribution in [1.29, 1.82) is 0 Å². The van der Waals surface area contributed by atoms with Gasteiger partial charge in [-0.15, -0.1) is 5.10 Å². The monoisotopic (exact) mass is 250 g/mol. The second-order valence-corrected chi connectivity index (χ2v) is 3.46. The number of nitrogens with one attached hydrogen (secondary N) is 2. The number of aromatic nitrogens is 5. The Bertz CT molecular complexity index is 546. The number of carbonyl (C=O) groups is 2. The Morgan fingerprint density at radius 1 is 1.50 bits per heavy atom. The molecule has 0 aliphatic heterocycles. The molecule has 3 N–H and O–H groups in total. The number of carbonyl (C=O) groups excluding carboxylic acids is 1. The van der Waals surface area contributed by atoms with Crippen LogP contribution in [0.3, 0.4) is 0 Å². The summed E-state index contributed by atoms with van der Waals surface area (Å²) in [5.41, 5.74) is 0.574. The third-order valence-corrected chi connectivity index (χ3v) is 2.09. The summed E-state index contributed by atoms with van der Waals surface area (Å²) in [5, 5.41) is 18.2. The zero-order valence-electron chi connectivity index (χ0n) is 9.20. The van der Waals surface area contributed by atoms with E-state index in [0.29, 0.717) is 6.54 Å². The molecule has 0 saturated heterocycles. The van der Waals surface area contributed by atoms with Crippen LogP contribution in [0.25, 0.3) is 0 Å². The van der Waals surface area contributed by atoms with Gasteiger partial charge in [0.2, 0.25) is 5.91 Å². The Kier molecular flexibility index (Phi) is 3.32. The maximum atomic E-state index is 11.5. The van der Waals surface area contributed by atoms with E-state index in [1.165, 1.54) is 12.5 Å². The van der Waals surface area contributed by atoms with Gasteiger partial charge in [0.15, 0.2) is 5.69 Å². The Hall–Kier alpha value is -2.71. The van der Waals surface area contributed by atoms with E-state index in [2.05, 4.69) is 25.6 Å². The third-order valence-electron chi connectivity index (χ3n) is 2.09. The molecule has 18 heavy (non-hydrogen) atoms. The number of amides is 1. The highest BCUT2D eigenvalue weighted by Crippen LogP contribution is 1.93. The fourth-order valence-electron chi connectivity index (χ4n) is 1.25. The first-order chi connectivity index (χ1) is 8.65. The van der Waals surface area contributed by atoms with Crippen molar-refractivity contribution in [3.8, 4) is 0 Å². The highest BCUT2D eigenvalue weighted by molar-refractivity contribution is 5.84. The third kappa shape index (κ3) is 2.90. The maximum absolute atomic E-state index is 11.5. The second-order valence-electron chi connectivity index (χ2n) is 3.46. The molecule has 2 rings (SSSR count). The summed E-state index contributed by atoms with van der Waals surface area (Å²) in [6, 6.07) is 0. The number of nitrogens with zero attached hydrogens (tertiary/aromatic N) is 4. The maximum Gasteiger partial charge on any atom is 0.358 e. The molecule has 0 bridgehead atoms. The molecule has 0 aliphatic carbocycles. The van der Waals surface area contributed by atoms with Crippen LogP contribution in [-0.2, 0) is 17.9 Å². The van der Waals surface area contributed by atoms with Crippen molar-refractivity contribution in [2.45, 2.75) is 13.1 Å². The lowest BCUT2D eigenvalue weighted by molar-refractivity contribution is -0.122. The molecule has 0 atom stereocenters. The molecule has 9 heteroatoms. The molecule has 0 unspecified atom stereocenters. The Morgan fingerprint density at radius 2 is 2.33 bits per heavy atom. The minimum absolute atomic E-state index is 0.0889. The highest BCUT2D eigenvalue weighted by atomic mass is 16.4. The summed E-state index contributed by atoms with van der Waals surface area (Å²) < 4.78 is 1.16. The molecule has 0 fully saturated rings. The number of carboxylic acids is 1. The Labute approximate surface area is 101 Å². The van der Waals surface area contributed by atoms with E-state index < -0.39 is 5.97 Å². The largest absolute Gasteiger partial charge is 0.476 e. The molecule has 0 aliphatic rings. The van der Waals surface area contributed by atoms with Gasteiger partial charge in [-0.2, -0.15) is 0 Å². The molecule has 2 heterocycles. The normalized spacial score (nSPS) is 10.2. The molecular formula is C9H10N6O3. The minimum atomic E-state index is -1.18. The van der Waals surface area contributed by atoms with Crippen LogP contribution >= 0.6 is 0 Å². The summed E-state index contributed by atoms with van der Waals surface area (Å²) in [6.07, 6.45) is 4.30. The molecule has 0 aromatic carbocycles. The van der Waals surface area contributed by atoms with Crippen molar-refractivity contribution in [2.75, 3.05) is 0 Å². The average Bonchev–Trinajstić information content (AvgIpc) is 2.96. The predicted molar refractivity (Wildman–Crippen MR) is 57.4 cm³/mol. The van der Waals surface area contributed by atoms with E-state index >= 15 is 0 Å². The average molecular weight is 250 g/mol. The number of rotatable bonds is 5. The van der Waals surface area contributed by atoms with Crippen molar-refractivity contribution in [3.05, 3.63) is 30.1 Å². The number of hydrogen-bond acceptors (Lipinski definition) is 5.